The molecule has 0 unspecified atom stereocenters. The summed E-state index contributed by atoms with van der Waals surface area (Å²) in [6.45, 7) is 5.35. The Kier molecular flexibility index (Phi) is 4.40. The number of hydrogen-bond donors (Lipinski definition) is 0. The maximum absolute atomic E-state index is 12.4. The summed E-state index contributed by atoms with van der Waals surface area (Å²) in [4.78, 5) is 39.7. The number of imide groups is 1. The minimum absolute atomic E-state index is 0.0476. The average molecular weight is 288 g/mol. The topological polar surface area (TPSA) is 57.7 Å². The van der Waals surface area contributed by atoms with E-state index in [1.807, 2.05) is 13.0 Å². The molecule has 3 amide bonds. The maximum Gasteiger partial charge on any atom is 0.235 e. The van der Waals surface area contributed by atoms with E-state index in [0.717, 1.165) is 0 Å². The van der Waals surface area contributed by atoms with Crippen LogP contribution >= 0.6 is 0 Å². The molecule has 1 heterocycles. The van der Waals surface area contributed by atoms with Gasteiger partial charge in [0.05, 0.1) is 11.4 Å². The van der Waals surface area contributed by atoms with Crippen molar-refractivity contribution in [3.8, 4) is 0 Å². The van der Waals surface area contributed by atoms with Gasteiger partial charge in [-0.25, -0.2) is 4.90 Å². The number of fused-ring (bicyclic) bond motifs is 1. The highest BCUT2D eigenvalue weighted by Crippen LogP contribution is 2.35. The zero-order valence-electron chi connectivity index (χ0n) is 12.6. The van der Waals surface area contributed by atoms with Crippen molar-refractivity contribution >= 4 is 29.1 Å². The van der Waals surface area contributed by atoms with Crippen LogP contribution in [0.2, 0.25) is 0 Å². The van der Waals surface area contributed by atoms with Crippen LogP contribution in [-0.4, -0.2) is 23.8 Å². The quantitative estimate of drug-likeness (QED) is 0.840. The normalized spacial score (nSPS) is 18.2. The van der Waals surface area contributed by atoms with Crippen LogP contribution in [0.1, 0.15) is 40.0 Å². The van der Waals surface area contributed by atoms with E-state index in [-0.39, 0.29) is 36.6 Å². The van der Waals surface area contributed by atoms with E-state index in [0.29, 0.717) is 17.8 Å². The number of nitrogens with zero attached hydrogens (tertiary/aromatic N) is 2. The Bertz CT molecular complexity index is 583. The van der Waals surface area contributed by atoms with Crippen LogP contribution in [0.25, 0.3) is 0 Å². The standard InChI is InChI=1S/C16H20N2O3/c1-4-14(19)17-11(3)10-16(21)18(15(20)5-2)13-9-7-6-8-12(13)17/h6-9,11H,4-5,10H2,1-3H3/t11-/m0/s1. The van der Waals surface area contributed by atoms with Crippen LogP contribution < -0.4 is 9.80 Å². The zero-order valence-corrected chi connectivity index (χ0v) is 12.6. The molecular weight excluding hydrogens is 268 g/mol. The molecule has 0 radical (unpaired) electrons. The summed E-state index contributed by atoms with van der Waals surface area (Å²) < 4.78 is 0. The Morgan fingerprint density at radius 3 is 2.24 bits per heavy atom. The number of anilines is 2. The molecule has 0 fully saturated rings. The first-order chi connectivity index (χ1) is 10.0. The molecule has 5 nitrogen and oxygen atoms in total. The predicted octanol–water partition coefficient (Wildman–Crippen LogP) is 2.49. The maximum atomic E-state index is 12.4. The highest BCUT2D eigenvalue weighted by molar-refractivity contribution is 6.19. The summed E-state index contributed by atoms with van der Waals surface area (Å²) in [5.74, 6) is -0.549. The lowest BCUT2D eigenvalue weighted by atomic mass is 10.1. The number of carbonyl (C=O) groups excluding carboxylic acids is 3. The first-order valence-electron chi connectivity index (χ1n) is 7.28. The molecule has 21 heavy (non-hydrogen) atoms. The summed E-state index contributed by atoms with van der Waals surface area (Å²) in [5.41, 5.74) is 1.13. The van der Waals surface area contributed by atoms with Gasteiger partial charge in [-0.2, -0.15) is 0 Å². The fourth-order valence-corrected chi connectivity index (χ4v) is 2.65. The molecule has 1 aliphatic rings. The molecule has 2 rings (SSSR count). The van der Waals surface area contributed by atoms with Crippen LogP contribution in [0, 0.1) is 0 Å². The van der Waals surface area contributed by atoms with Gasteiger partial charge in [0.1, 0.15) is 0 Å². The van der Waals surface area contributed by atoms with E-state index in [1.165, 1.54) is 4.90 Å². The third kappa shape index (κ3) is 2.68. The fraction of sp³-hybridized carbons (Fsp3) is 0.438. The average Bonchev–Trinajstić information content (AvgIpc) is 2.58. The van der Waals surface area contributed by atoms with Crippen molar-refractivity contribution in [3.63, 3.8) is 0 Å². The molecule has 112 valence electrons. The molecule has 5 heteroatoms. The number of carbonyl (C=O) groups is 3. The van der Waals surface area contributed by atoms with Crippen molar-refractivity contribution in [2.45, 2.75) is 46.1 Å². The molecule has 1 aliphatic heterocycles. The van der Waals surface area contributed by atoms with Crippen LogP contribution in [-0.2, 0) is 14.4 Å². The van der Waals surface area contributed by atoms with Gasteiger partial charge in [0.2, 0.25) is 17.7 Å². The smallest absolute Gasteiger partial charge is 0.235 e. The SMILES string of the molecule is CCC(=O)N1C(=O)C[C@H](C)N(C(=O)CC)c2ccccc21. The molecule has 1 aromatic carbocycles. The number of para-hydroxylation sites is 2. The van der Waals surface area contributed by atoms with Crippen molar-refractivity contribution in [2.24, 2.45) is 0 Å². The Morgan fingerprint density at radius 1 is 1.10 bits per heavy atom. The van der Waals surface area contributed by atoms with Crippen molar-refractivity contribution in [3.05, 3.63) is 24.3 Å². The van der Waals surface area contributed by atoms with Gasteiger partial charge < -0.3 is 4.90 Å². The first kappa shape index (κ1) is 15.2. The van der Waals surface area contributed by atoms with Crippen LogP contribution in [0.3, 0.4) is 0 Å². The zero-order chi connectivity index (χ0) is 15.6. The molecule has 0 saturated carbocycles. The van der Waals surface area contributed by atoms with Crippen molar-refractivity contribution in [1.29, 1.82) is 0 Å². The summed E-state index contributed by atoms with van der Waals surface area (Å²) >= 11 is 0. The molecule has 0 saturated heterocycles. The van der Waals surface area contributed by atoms with Crippen LogP contribution in [0.5, 0.6) is 0 Å². The van der Waals surface area contributed by atoms with E-state index >= 15 is 0 Å². The van der Waals surface area contributed by atoms with Crippen molar-refractivity contribution in [1.82, 2.24) is 0 Å². The lowest BCUT2D eigenvalue weighted by Gasteiger charge is -2.27. The second-order valence-electron chi connectivity index (χ2n) is 5.14. The van der Waals surface area contributed by atoms with Crippen molar-refractivity contribution in [2.75, 3.05) is 9.80 Å². The van der Waals surface area contributed by atoms with Crippen LogP contribution in [0.15, 0.2) is 24.3 Å². The third-order valence-corrected chi connectivity index (χ3v) is 3.67. The largest absolute Gasteiger partial charge is 0.307 e. The van der Waals surface area contributed by atoms with Gasteiger partial charge >= 0.3 is 0 Å². The fourth-order valence-electron chi connectivity index (χ4n) is 2.65. The molecule has 0 aliphatic carbocycles. The summed E-state index contributed by atoms with van der Waals surface area (Å²) in [7, 11) is 0. The molecule has 1 aromatic rings. The van der Waals surface area contributed by atoms with Gasteiger partial charge in [-0.3, -0.25) is 14.4 Å². The molecule has 1 atom stereocenters. The third-order valence-electron chi connectivity index (χ3n) is 3.67. The summed E-state index contributed by atoms with van der Waals surface area (Å²) in [5, 5.41) is 0. The molecular formula is C16H20N2O3. The number of amides is 3. The van der Waals surface area contributed by atoms with E-state index in [2.05, 4.69) is 0 Å². The Balaban J connectivity index is 2.62. The minimum atomic E-state index is -0.263. The number of rotatable bonds is 2. The predicted molar refractivity (Wildman–Crippen MR) is 81.1 cm³/mol. The summed E-state index contributed by atoms with van der Waals surface area (Å²) in [6.07, 6.45) is 0.747. The van der Waals surface area contributed by atoms with E-state index in [1.54, 1.807) is 36.9 Å². The number of benzene rings is 1. The first-order valence-corrected chi connectivity index (χ1v) is 7.28. The highest BCUT2D eigenvalue weighted by Gasteiger charge is 2.35. The minimum Gasteiger partial charge on any atom is -0.307 e. The molecule has 0 aromatic heterocycles. The van der Waals surface area contributed by atoms with Gasteiger partial charge in [0.25, 0.3) is 0 Å². The lowest BCUT2D eigenvalue weighted by Crippen LogP contribution is -2.39. The van der Waals surface area contributed by atoms with Gasteiger partial charge in [-0.05, 0) is 19.1 Å². The van der Waals surface area contributed by atoms with Crippen molar-refractivity contribution < 1.29 is 14.4 Å². The van der Waals surface area contributed by atoms with Gasteiger partial charge in [-0.15, -0.1) is 0 Å². The Hall–Kier alpha value is -2.17. The number of hydrogen-bond acceptors (Lipinski definition) is 3. The molecule has 0 N–H and O–H groups in total. The van der Waals surface area contributed by atoms with E-state index < -0.39 is 0 Å². The van der Waals surface area contributed by atoms with Gasteiger partial charge in [0, 0.05) is 25.3 Å². The molecule has 0 bridgehead atoms. The van der Waals surface area contributed by atoms with Crippen LogP contribution in [0.4, 0.5) is 11.4 Å². The van der Waals surface area contributed by atoms with E-state index in [4.69, 9.17) is 0 Å². The van der Waals surface area contributed by atoms with E-state index in [9.17, 15) is 14.4 Å². The Labute approximate surface area is 124 Å². The Morgan fingerprint density at radius 2 is 1.67 bits per heavy atom. The van der Waals surface area contributed by atoms with Gasteiger partial charge in [0.15, 0.2) is 0 Å². The monoisotopic (exact) mass is 288 g/mol. The second kappa shape index (κ2) is 6.08. The van der Waals surface area contributed by atoms with Gasteiger partial charge in [-0.1, -0.05) is 26.0 Å². The second-order valence-corrected chi connectivity index (χ2v) is 5.14. The molecule has 0 spiro atoms. The summed E-state index contributed by atoms with van der Waals surface area (Å²) in [6, 6.07) is 6.82. The lowest BCUT2D eigenvalue weighted by molar-refractivity contribution is -0.126. The highest BCUT2D eigenvalue weighted by atomic mass is 16.2.